The Balaban J connectivity index is 2.15. The van der Waals surface area contributed by atoms with Crippen LogP contribution in [-0.2, 0) is 0 Å². The minimum Gasteiger partial charge on any atom is -0.397 e. The van der Waals surface area contributed by atoms with Gasteiger partial charge in [0, 0.05) is 25.2 Å². The fraction of sp³-hybridized carbons (Fsp3) is 0.571. The summed E-state index contributed by atoms with van der Waals surface area (Å²) in [6.07, 6.45) is 1.14. The number of rotatable bonds is 4. The maximum Gasteiger partial charge on any atom is 0.139 e. The number of anilines is 2. The van der Waals surface area contributed by atoms with Crippen LogP contribution in [0.2, 0.25) is 0 Å². The van der Waals surface area contributed by atoms with Gasteiger partial charge in [0.1, 0.15) is 5.82 Å². The van der Waals surface area contributed by atoms with E-state index in [2.05, 4.69) is 39.6 Å². The molecule has 0 saturated carbocycles. The zero-order valence-electron chi connectivity index (χ0n) is 11.5. The molecule has 1 aliphatic rings. The van der Waals surface area contributed by atoms with Crippen molar-refractivity contribution in [2.75, 3.05) is 36.8 Å². The van der Waals surface area contributed by atoms with Crippen LogP contribution in [0.25, 0.3) is 0 Å². The molecule has 19 heavy (non-hydrogen) atoms. The summed E-state index contributed by atoms with van der Waals surface area (Å²) in [5.41, 5.74) is 7.39. The molecule has 1 fully saturated rings. The Labute approximate surface area is 122 Å². The summed E-state index contributed by atoms with van der Waals surface area (Å²) < 4.78 is 13.9. The molecule has 1 aromatic carbocycles. The van der Waals surface area contributed by atoms with Crippen LogP contribution in [-0.4, -0.2) is 37.1 Å². The summed E-state index contributed by atoms with van der Waals surface area (Å²) in [6, 6.07) is 3.75. The number of nitrogens with zero attached hydrogens (tertiary/aromatic N) is 2. The third-order valence-electron chi connectivity index (χ3n) is 3.90. The summed E-state index contributed by atoms with van der Waals surface area (Å²) in [4.78, 5) is 4.72. The number of hydrogen-bond acceptors (Lipinski definition) is 3. The Morgan fingerprint density at radius 2 is 2.11 bits per heavy atom. The van der Waals surface area contributed by atoms with Crippen LogP contribution in [0.1, 0.15) is 20.3 Å². The van der Waals surface area contributed by atoms with Crippen LogP contribution in [0.5, 0.6) is 0 Å². The normalized spacial score (nSPS) is 19.4. The highest BCUT2D eigenvalue weighted by molar-refractivity contribution is 9.10. The zero-order valence-corrected chi connectivity index (χ0v) is 13.1. The van der Waals surface area contributed by atoms with E-state index >= 15 is 0 Å². The van der Waals surface area contributed by atoms with Crippen molar-refractivity contribution in [2.45, 2.75) is 26.3 Å². The van der Waals surface area contributed by atoms with Crippen molar-refractivity contribution in [2.24, 2.45) is 0 Å². The van der Waals surface area contributed by atoms with E-state index in [1.807, 2.05) is 0 Å². The predicted molar refractivity (Wildman–Crippen MR) is 82.1 cm³/mol. The summed E-state index contributed by atoms with van der Waals surface area (Å²) in [5, 5.41) is 0. The number of benzene rings is 1. The van der Waals surface area contributed by atoms with Gasteiger partial charge in [-0.15, -0.1) is 0 Å². The molecule has 3 nitrogen and oxygen atoms in total. The van der Waals surface area contributed by atoms with E-state index in [4.69, 9.17) is 5.73 Å². The molecule has 1 atom stereocenters. The maximum absolute atomic E-state index is 13.4. The predicted octanol–water partition coefficient (Wildman–Crippen LogP) is 3.09. The molecule has 1 aromatic rings. The molecule has 0 aliphatic carbocycles. The number of nitrogen functional groups attached to an aromatic ring is 1. The molecule has 0 spiro atoms. The van der Waals surface area contributed by atoms with E-state index in [1.165, 1.54) is 6.07 Å². The summed E-state index contributed by atoms with van der Waals surface area (Å²) in [7, 11) is 0. The SMILES string of the molecule is CCN(CC)C1CCN(c2cc(Br)c(F)cc2N)C1. The van der Waals surface area contributed by atoms with Crippen LogP contribution in [0.3, 0.4) is 0 Å². The van der Waals surface area contributed by atoms with Gasteiger partial charge in [-0.1, -0.05) is 13.8 Å². The third-order valence-corrected chi connectivity index (χ3v) is 4.51. The number of hydrogen-bond donors (Lipinski definition) is 1. The second kappa shape index (κ2) is 6.09. The van der Waals surface area contributed by atoms with Crippen LogP contribution < -0.4 is 10.6 Å². The first-order chi connectivity index (χ1) is 9.06. The number of nitrogens with two attached hydrogens (primary N) is 1. The molecule has 5 heteroatoms. The Morgan fingerprint density at radius 1 is 1.42 bits per heavy atom. The topological polar surface area (TPSA) is 32.5 Å². The van der Waals surface area contributed by atoms with Crippen molar-refractivity contribution in [1.82, 2.24) is 4.90 Å². The average Bonchev–Trinajstić information content (AvgIpc) is 2.85. The lowest BCUT2D eigenvalue weighted by Crippen LogP contribution is -2.37. The van der Waals surface area contributed by atoms with Gasteiger partial charge in [-0.25, -0.2) is 4.39 Å². The lowest BCUT2D eigenvalue weighted by Gasteiger charge is -2.27. The van der Waals surface area contributed by atoms with Crippen LogP contribution in [0, 0.1) is 5.82 Å². The Bertz CT molecular complexity index is 449. The van der Waals surface area contributed by atoms with Gasteiger partial charge < -0.3 is 10.6 Å². The van der Waals surface area contributed by atoms with E-state index in [0.717, 1.165) is 38.3 Å². The first-order valence-corrected chi connectivity index (χ1v) is 7.59. The highest BCUT2D eigenvalue weighted by Crippen LogP contribution is 2.32. The third kappa shape index (κ3) is 3.03. The lowest BCUT2D eigenvalue weighted by atomic mass is 10.2. The highest BCUT2D eigenvalue weighted by atomic mass is 79.9. The van der Waals surface area contributed by atoms with Crippen molar-refractivity contribution < 1.29 is 4.39 Å². The summed E-state index contributed by atoms with van der Waals surface area (Å²) in [6.45, 7) is 8.45. The Kier molecular flexibility index (Phi) is 4.68. The van der Waals surface area contributed by atoms with Crippen molar-refractivity contribution in [3.05, 3.63) is 22.4 Å². The molecule has 1 heterocycles. The van der Waals surface area contributed by atoms with Crippen LogP contribution in [0.15, 0.2) is 16.6 Å². The zero-order chi connectivity index (χ0) is 14.0. The Morgan fingerprint density at radius 3 is 2.74 bits per heavy atom. The molecule has 1 aliphatic heterocycles. The number of likely N-dealkylation sites (N-methyl/N-ethyl adjacent to an activating group) is 1. The molecular weight excluding hydrogens is 309 g/mol. The fourth-order valence-electron chi connectivity index (χ4n) is 2.82. The first kappa shape index (κ1) is 14.6. The average molecular weight is 330 g/mol. The van der Waals surface area contributed by atoms with Gasteiger partial charge >= 0.3 is 0 Å². The van der Waals surface area contributed by atoms with E-state index in [0.29, 0.717) is 16.2 Å². The molecular formula is C14H21BrFN3. The van der Waals surface area contributed by atoms with Crippen molar-refractivity contribution in [3.8, 4) is 0 Å². The van der Waals surface area contributed by atoms with E-state index in [-0.39, 0.29) is 5.82 Å². The van der Waals surface area contributed by atoms with E-state index < -0.39 is 0 Å². The van der Waals surface area contributed by atoms with Gasteiger partial charge in [-0.3, -0.25) is 4.90 Å². The Hall–Kier alpha value is -0.810. The van der Waals surface area contributed by atoms with Gasteiger partial charge in [0.15, 0.2) is 0 Å². The van der Waals surface area contributed by atoms with Gasteiger partial charge in [0.2, 0.25) is 0 Å². The van der Waals surface area contributed by atoms with E-state index in [1.54, 1.807) is 6.07 Å². The lowest BCUT2D eigenvalue weighted by molar-refractivity contribution is 0.232. The smallest absolute Gasteiger partial charge is 0.139 e. The molecule has 106 valence electrons. The molecule has 0 radical (unpaired) electrons. The minimum absolute atomic E-state index is 0.305. The molecule has 2 N–H and O–H groups in total. The van der Waals surface area contributed by atoms with Crippen molar-refractivity contribution >= 4 is 27.3 Å². The standard InChI is InChI=1S/C14H21BrFN3/c1-3-18(4-2)10-5-6-19(9-10)14-7-11(15)12(16)8-13(14)17/h7-8,10H,3-6,9,17H2,1-2H3. The highest BCUT2D eigenvalue weighted by Gasteiger charge is 2.27. The summed E-state index contributed by atoms with van der Waals surface area (Å²) in [5.74, 6) is -0.305. The minimum atomic E-state index is -0.305. The van der Waals surface area contributed by atoms with Crippen molar-refractivity contribution in [3.63, 3.8) is 0 Å². The first-order valence-electron chi connectivity index (χ1n) is 6.80. The van der Waals surface area contributed by atoms with Gasteiger partial charge in [0.05, 0.1) is 15.8 Å². The van der Waals surface area contributed by atoms with Crippen LogP contribution in [0.4, 0.5) is 15.8 Å². The summed E-state index contributed by atoms with van der Waals surface area (Å²) >= 11 is 3.23. The largest absolute Gasteiger partial charge is 0.397 e. The van der Waals surface area contributed by atoms with Gasteiger partial charge in [0.25, 0.3) is 0 Å². The molecule has 0 amide bonds. The molecule has 0 bridgehead atoms. The van der Waals surface area contributed by atoms with Gasteiger partial charge in [-0.05, 0) is 41.5 Å². The molecule has 1 unspecified atom stereocenters. The van der Waals surface area contributed by atoms with Gasteiger partial charge in [-0.2, -0.15) is 0 Å². The molecule has 1 saturated heterocycles. The molecule has 2 rings (SSSR count). The fourth-order valence-corrected chi connectivity index (χ4v) is 3.16. The monoisotopic (exact) mass is 329 g/mol. The quantitative estimate of drug-likeness (QED) is 0.861. The van der Waals surface area contributed by atoms with Crippen molar-refractivity contribution in [1.29, 1.82) is 0 Å². The molecule has 0 aromatic heterocycles. The maximum atomic E-state index is 13.4. The van der Waals surface area contributed by atoms with Crippen LogP contribution >= 0.6 is 15.9 Å². The second-order valence-corrected chi connectivity index (χ2v) is 5.79. The second-order valence-electron chi connectivity index (χ2n) is 4.93. The number of halogens is 2. The van der Waals surface area contributed by atoms with E-state index in [9.17, 15) is 4.39 Å².